The van der Waals surface area contributed by atoms with Gasteiger partial charge in [0.25, 0.3) is 0 Å². The second-order valence-corrected chi connectivity index (χ2v) is 5.43. The van der Waals surface area contributed by atoms with Gasteiger partial charge in [0.15, 0.2) is 0 Å². The number of methoxy groups -OCH3 is 1. The fourth-order valence-corrected chi connectivity index (χ4v) is 2.98. The highest BCUT2D eigenvalue weighted by Gasteiger charge is 2.39. The molecule has 2 nitrogen and oxygen atoms in total. The molecule has 0 atom stereocenters. The van der Waals surface area contributed by atoms with Crippen molar-refractivity contribution in [2.24, 2.45) is 5.73 Å². The minimum Gasteiger partial charge on any atom is -0.496 e. The molecule has 0 radical (unpaired) electrons. The fraction of sp³-hybridized carbons (Fsp3) is 0.538. The summed E-state index contributed by atoms with van der Waals surface area (Å²) in [6.07, 6.45) is 4.84. The van der Waals surface area contributed by atoms with E-state index in [2.05, 4.69) is 28.1 Å². The molecular formula is C13H18BrNO. The smallest absolute Gasteiger partial charge is 0.123 e. The van der Waals surface area contributed by atoms with Crippen LogP contribution in [0.1, 0.15) is 31.2 Å². The molecule has 1 aliphatic carbocycles. The molecule has 1 aliphatic rings. The van der Waals surface area contributed by atoms with Crippen LogP contribution in [-0.2, 0) is 5.41 Å². The molecular weight excluding hydrogens is 266 g/mol. The van der Waals surface area contributed by atoms with Gasteiger partial charge in [-0.1, -0.05) is 28.4 Å². The molecule has 16 heavy (non-hydrogen) atoms. The topological polar surface area (TPSA) is 35.2 Å². The van der Waals surface area contributed by atoms with Crippen LogP contribution in [0.3, 0.4) is 0 Å². The monoisotopic (exact) mass is 283 g/mol. The third kappa shape index (κ3) is 1.98. The van der Waals surface area contributed by atoms with Crippen LogP contribution in [0.5, 0.6) is 5.75 Å². The molecule has 0 spiro atoms. The molecule has 0 amide bonds. The summed E-state index contributed by atoms with van der Waals surface area (Å²) in [6.45, 7) is 0.749. The fourth-order valence-electron chi connectivity index (χ4n) is 2.64. The summed E-state index contributed by atoms with van der Waals surface area (Å²) in [5.41, 5.74) is 7.34. The summed E-state index contributed by atoms with van der Waals surface area (Å²) < 4.78 is 6.55. The van der Waals surface area contributed by atoms with Gasteiger partial charge in [-0.25, -0.2) is 0 Å². The van der Waals surface area contributed by atoms with Crippen LogP contribution in [0.15, 0.2) is 22.7 Å². The maximum absolute atomic E-state index is 5.73. The molecule has 3 heteroatoms. The number of ether oxygens (including phenoxy) is 1. The van der Waals surface area contributed by atoms with Gasteiger partial charge in [-0.05, 0) is 37.9 Å². The highest BCUT2D eigenvalue weighted by atomic mass is 79.9. The number of halogens is 1. The lowest BCUT2D eigenvalue weighted by Crippen LogP contribution is -2.36. The first-order valence-corrected chi connectivity index (χ1v) is 6.55. The lowest BCUT2D eigenvalue weighted by molar-refractivity contribution is 0.221. The van der Waals surface area contributed by atoms with Crippen molar-refractivity contribution in [3.05, 3.63) is 28.2 Å². The number of hydrogen-bond acceptors (Lipinski definition) is 2. The average molecular weight is 284 g/mol. The highest BCUT2D eigenvalue weighted by molar-refractivity contribution is 9.10. The Bertz CT molecular complexity index is 374. The molecule has 0 heterocycles. The Hall–Kier alpha value is -0.540. The van der Waals surface area contributed by atoms with Crippen LogP contribution in [0.4, 0.5) is 0 Å². The first-order chi connectivity index (χ1) is 7.72. The summed E-state index contributed by atoms with van der Waals surface area (Å²) >= 11 is 3.48. The average Bonchev–Trinajstić information content (AvgIpc) is 2.24. The Morgan fingerprint density at radius 1 is 1.44 bits per heavy atom. The van der Waals surface area contributed by atoms with E-state index in [1.165, 1.54) is 24.8 Å². The van der Waals surface area contributed by atoms with E-state index in [-0.39, 0.29) is 5.41 Å². The minimum absolute atomic E-state index is 0.279. The Morgan fingerprint density at radius 2 is 2.19 bits per heavy atom. The zero-order chi connectivity index (χ0) is 11.6. The van der Waals surface area contributed by atoms with Crippen molar-refractivity contribution in [1.82, 2.24) is 0 Å². The minimum atomic E-state index is 0.279. The van der Waals surface area contributed by atoms with E-state index >= 15 is 0 Å². The van der Waals surface area contributed by atoms with Gasteiger partial charge in [-0.2, -0.15) is 0 Å². The van der Waals surface area contributed by atoms with Crippen LogP contribution in [0.2, 0.25) is 0 Å². The van der Waals surface area contributed by atoms with Crippen molar-refractivity contribution in [2.75, 3.05) is 13.7 Å². The van der Waals surface area contributed by atoms with Crippen LogP contribution in [0.25, 0.3) is 0 Å². The third-order valence-corrected chi connectivity index (χ3v) is 4.16. The molecule has 1 fully saturated rings. The van der Waals surface area contributed by atoms with Crippen molar-refractivity contribution in [1.29, 1.82) is 0 Å². The van der Waals surface area contributed by atoms with E-state index in [0.29, 0.717) is 0 Å². The quantitative estimate of drug-likeness (QED) is 0.921. The van der Waals surface area contributed by atoms with Gasteiger partial charge in [0.2, 0.25) is 0 Å². The summed E-state index contributed by atoms with van der Waals surface area (Å²) in [5, 5.41) is 0. The summed E-state index contributed by atoms with van der Waals surface area (Å²) in [5.74, 6) is 0.988. The molecule has 2 N–H and O–H groups in total. The lowest BCUT2D eigenvalue weighted by atomic mass is 9.62. The van der Waals surface area contributed by atoms with Gasteiger partial charge in [0.05, 0.1) is 7.11 Å². The molecule has 2 rings (SSSR count). The summed E-state index contributed by atoms with van der Waals surface area (Å²) in [7, 11) is 1.74. The molecule has 0 aliphatic heterocycles. The Labute approximate surface area is 105 Å². The van der Waals surface area contributed by atoms with Crippen LogP contribution in [-0.4, -0.2) is 13.7 Å². The normalized spacial score (nSPS) is 17.9. The van der Waals surface area contributed by atoms with E-state index in [4.69, 9.17) is 10.5 Å². The highest BCUT2D eigenvalue weighted by Crippen LogP contribution is 2.49. The molecule has 1 aromatic carbocycles. The first kappa shape index (κ1) is 11.9. The Kier molecular flexibility index (Phi) is 3.55. The van der Waals surface area contributed by atoms with Gasteiger partial charge >= 0.3 is 0 Å². The van der Waals surface area contributed by atoms with Crippen molar-refractivity contribution in [2.45, 2.75) is 31.1 Å². The van der Waals surface area contributed by atoms with E-state index in [9.17, 15) is 0 Å². The van der Waals surface area contributed by atoms with Gasteiger partial charge in [0, 0.05) is 15.5 Å². The van der Waals surface area contributed by atoms with Gasteiger partial charge in [-0.3, -0.25) is 0 Å². The zero-order valence-corrected chi connectivity index (χ0v) is 11.2. The van der Waals surface area contributed by atoms with Crippen LogP contribution in [0, 0.1) is 0 Å². The molecule has 1 saturated carbocycles. The van der Waals surface area contributed by atoms with Gasteiger partial charge in [0.1, 0.15) is 5.75 Å². The Morgan fingerprint density at radius 3 is 2.69 bits per heavy atom. The lowest BCUT2D eigenvalue weighted by Gasteiger charge is -2.43. The van der Waals surface area contributed by atoms with Crippen molar-refractivity contribution >= 4 is 15.9 Å². The first-order valence-electron chi connectivity index (χ1n) is 5.76. The van der Waals surface area contributed by atoms with Crippen molar-refractivity contribution in [3.8, 4) is 5.75 Å². The largest absolute Gasteiger partial charge is 0.496 e. The molecule has 0 saturated heterocycles. The SMILES string of the molecule is COc1cc(Br)ccc1C1(CCN)CCC1. The molecule has 1 aromatic rings. The maximum Gasteiger partial charge on any atom is 0.123 e. The van der Waals surface area contributed by atoms with Gasteiger partial charge in [-0.15, -0.1) is 0 Å². The summed E-state index contributed by atoms with van der Waals surface area (Å²) in [6, 6.07) is 6.32. The predicted octanol–water partition coefficient (Wildman–Crippen LogP) is 3.23. The van der Waals surface area contributed by atoms with E-state index in [0.717, 1.165) is 23.2 Å². The maximum atomic E-state index is 5.73. The number of nitrogens with two attached hydrogens (primary N) is 1. The number of rotatable bonds is 4. The standard InChI is InChI=1S/C13H18BrNO/c1-16-12-9-10(14)3-4-11(12)13(7-8-15)5-2-6-13/h3-4,9H,2,5-8,15H2,1H3. The van der Waals surface area contributed by atoms with Crippen molar-refractivity contribution in [3.63, 3.8) is 0 Å². The Balaban J connectivity index is 2.37. The van der Waals surface area contributed by atoms with E-state index in [1.54, 1.807) is 7.11 Å². The van der Waals surface area contributed by atoms with E-state index < -0.39 is 0 Å². The molecule has 0 aromatic heterocycles. The predicted molar refractivity (Wildman–Crippen MR) is 69.9 cm³/mol. The second kappa shape index (κ2) is 4.76. The summed E-state index contributed by atoms with van der Waals surface area (Å²) in [4.78, 5) is 0. The number of benzene rings is 1. The second-order valence-electron chi connectivity index (χ2n) is 4.52. The molecule has 88 valence electrons. The van der Waals surface area contributed by atoms with Gasteiger partial charge < -0.3 is 10.5 Å². The molecule has 0 bridgehead atoms. The third-order valence-electron chi connectivity index (χ3n) is 3.67. The number of hydrogen-bond donors (Lipinski definition) is 1. The zero-order valence-electron chi connectivity index (χ0n) is 9.63. The van der Waals surface area contributed by atoms with E-state index in [1.807, 2.05) is 6.07 Å². The molecule has 0 unspecified atom stereocenters. The van der Waals surface area contributed by atoms with Crippen molar-refractivity contribution < 1.29 is 4.74 Å². The van der Waals surface area contributed by atoms with Crippen LogP contribution < -0.4 is 10.5 Å². The van der Waals surface area contributed by atoms with Crippen LogP contribution >= 0.6 is 15.9 Å².